The number of hydrazine groups is 1. The Morgan fingerprint density at radius 3 is 2.75 bits per heavy atom. The molecule has 2 aromatic rings. The Bertz CT molecular complexity index is 482. The maximum Gasteiger partial charge on any atom is 0.0852 e. The van der Waals surface area contributed by atoms with Crippen LogP contribution in [0.25, 0.3) is 0 Å². The van der Waals surface area contributed by atoms with Crippen LogP contribution in [0.2, 0.25) is 0 Å². The second kappa shape index (κ2) is 4.65. The van der Waals surface area contributed by atoms with Gasteiger partial charge in [0.1, 0.15) is 0 Å². The standard InChI is InChI=1S/C10H13N5S/c1-6-3-8(5-12-4-6)9(13-11)10-7(2)14-15-16-10/h3-5,9,13H,11H2,1-2H3. The van der Waals surface area contributed by atoms with Crippen molar-refractivity contribution >= 4 is 11.5 Å². The molecule has 0 aliphatic heterocycles. The molecule has 0 saturated carbocycles. The highest BCUT2D eigenvalue weighted by Gasteiger charge is 2.18. The monoisotopic (exact) mass is 235 g/mol. The minimum absolute atomic E-state index is 0.0904. The number of pyridine rings is 1. The van der Waals surface area contributed by atoms with Gasteiger partial charge >= 0.3 is 0 Å². The maximum absolute atomic E-state index is 5.59. The molecule has 0 aliphatic rings. The molecule has 16 heavy (non-hydrogen) atoms. The first-order valence-corrected chi connectivity index (χ1v) is 5.66. The average Bonchev–Trinajstić information content (AvgIpc) is 2.67. The van der Waals surface area contributed by atoms with E-state index < -0.39 is 0 Å². The zero-order valence-corrected chi connectivity index (χ0v) is 9.95. The summed E-state index contributed by atoms with van der Waals surface area (Å²) in [4.78, 5) is 5.18. The van der Waals surface area contributed by atoms with Gasteiger partial charge in [0, 0.05) is 12.4 Å². The molecule has 2 aromatic heterocycles. The van der Waals surface area contributed by atoms with Crippen LogP contribution in [-0.2, 0) is 0 Å². The summed E-state index contributed by atoms with van der Waals surface area (Å²) in [5.74, 6) is 5.59. The number of hydrogen-bond acceptors (Lipinski definition) is 6. The summed E-state index contributed by atoms with van der Waals surface area (Å²) in [5.41, 5.74) is 5.81. The zero-order chi connectivity index (χ0) is 11.5. The number of rotatable bonds is 3. The van der Waals surface area contributed by atoms with Gasteiger partial charge in [-0.15, -0.1) is 5.10 Å². The van der Waals surface area contributed by atoms with Crippen molar-refractivity contribution in [2.24, 2.45) is 5.84 Å². The van der Waals surface area contributed by atoms with Crippen LogP contribution in [0.3, 0.4) is 0 Å². The molecule has 0 bridgehead atoms. The van der Waals surface area contributed by atoms with E-state index in [9.17, 15) is 0 Å². The first kappa shape index (κ1) is 11.1. The summed E-state index contributed by atoms with van der Waals surface area (Å²) in [6.07, 6.45) is 3.62. The molecule has 0 aliphatic carbocycles. The summed E-state index contributed by atoms with van der Waals surface area (Å²) in [6, 6.07) is 1.96. The molecule has 0 fully saturated rings. The summed E-state index contributed by atoms with van der Waals surface area (Å²) in [7, 11) is 0. The fourth-order valence-corrected chi connectivity index (χ4v) is 2.30. The number of nitrogens with zero attached hydrogens (tertiary/aromatic N) is 3. The Hall–Kier alpha value is -1.37. The van der Waals surface area contributed by atoms with E-state index in [-0.39, 0.29) is 6.04 Å². The van der Waals surface area contributed by atoms with Gasteiger partial charge in [0.2, 0.25) is 0 Å². The number of nitrogens with two attached hydrogens (primary N) is 1. The topological polar surface area (TPSA) is 76.7 Å². The normalized spacial score (nSPS) is 12.7. The summed E-state index contributed by atoms with van der Waals surface area (Å²) in [6.45, 7) is 3.92. The van der Waals surface area contributed by atoms with Crippen LogP contribution in [0.15, 0.2) is 18.5 Å². The minimum atomic E-state index is -0.0904. The number of hydrogen-bond donors (Lipinski definition) is 2. The van der Waals surface area contributed by atoms with Crippen LogP contribution in [0, 0.1) is 13.8 Å². The van der Waals surface area contributed by atoms with E-state index in [1.165, 1.54) is 11.5 Å². The summed E-state index contributed by atoms with van der Waals surface area (Å²) >= 11 is 1.35. The second-order valence-electron chi connectivity index (χ2n) is 3.62. The van der Waals surface area contributed by atoms with Crippen molar-refractivity contribution in [3.05, 3.63) is 40.2 Å². The molecule has 6 heteroatoms. The third-order valence-corrected chi connectivity index (χ3v) is 3.24. The fraction of sp³-hybridized carbons (Fsp3) is 0.300. The molecular formula is C10H13N5S. The quantitative estimate of drug-likeness (QED) is 0.615. The molecule has 1 atom stereocenters. The van der Waals surface area contributed by atoms with E-state index >= 15 is 0 Å². The van der Waals surface area contributed by atoms with E-state index in [1.54, 1.807) is 6.20 Å². The van der Waals surface area contributed by atoms with Gasteiger partial charge in [-0.2, -0.15) is 0 Å². The molecule has 0 radical (unpaired) electrons. The molecule has 5 nitrogen and oxygen atoms in total. The largest absolute Gasteiger partial charge is 0.271 e. The van der Waals surface area contributed by atoms with Crippen LogP contribution in [0.1, 0.15) is 27.7 Å². The van der Waals surface area contributed by atoms with Crippen LogP contribution >= 0.6 is 11.5 Å². The molecule has 84 valence electrons. The molecular weight excluding hydrogens is 222 g/mol. The molecule has 0 amide bonds. The Morgan fingerprint density at radius 2 is 2.19 bits per heavy atom. The lowest BCUT2D eigenvalue weighted by molar-refractivity contribution is 0.639. The van der Waals surface area contributed by atoms with Gasteiger partial charge in [0.25, 0.3) is 0 Å². The number of aryl methyl sites for hydroxylation is 2. The first-order valence-electron chi connectivity index (χ1n) is 4.89. The third kappa shape index (κ3) is 2.08. The first-order chi connectivity index (χ1) is 7.72. The molecule has 0 spiro atoms. The Labute approximate surface area is 97.9 Å². The Morgan fingerprint density at radius 1 is 1.38 bits per heavy atom. The van der Waals surface area contributed by atoms with Crippen molar-refractivity contribution in [3.63, 3.8) is 0 Å². The van der Waals surface area contributed by atoms with Gasteiger partial charge < -0.3 is 0 Å². The van der Waals surface area contributed by atoms with Crippen molar-refractivity contribution in [1.29, 1.82) is 0 Å². The van der Waals surface area contributed by atoms with Crippen molar-refractivity contribution in [2.75, 3.05) is 0 Å². The van der Waals surface area contributed by atoms with Crippen LogP contribution in [0.5, 0.6) is 0 Å². The van der Waals surface area contributed by atoms with Gasteiger partial charge in [0.05, 0.1) is 16.6 Å². The lowest BCUT2D eigenvalue weighted by Gasteiger charge is -2.14. The van der Waals surface area contributed by atoms with Crippen LogP contribution in [0.4, 0.5) is 0 Å². The van der Waals surface area contributed by atoms with E-state index in [4.69, 9.17) is 5.84 Å². The van der Waals surface area contributed by atoms with Gasteiger partial charge in [-0.25, -0.2) is 5.43 Å². The van der Waals surface area contributed by atoms with Crippen molar-refractivity contribution < 1.29 is 0 Å². The molecule has 2 heterocycles. The van der Waals surface area contributed by atoms with Crippen molar-refractivity contribution in [3.8, 4) is 0 Å². The summed E-state index contributed by atoms with van der Waals surface area (Å²) in [5, 5.41) is 3.99. The second-order valence-corrected chi connectivity index (χ2v) is 4.40. The van der Waals surface area contributed by atoms with Crippen LogP contribution < -0.4 is 11.3 Å². The SMILES string of the molecule is Cc1cncc(C(NN)c2snnc2C)c1. The highest BCUT2D eigenvalue weighted by atomic mass is 32.1. The molecule has 0 saturated heterocycles. The van der Waals surface area contributed by atoms with E-state index in [0.717, 1.165) is 21.7 Å². The minimum Gasteiger partial charge on any atom is -0.271 e. The number of nitrogens with one attached hydrogen (secondary N) is 1. The third-order valence-electron chi connectivity index (χ3n) is 2.34. The zero-order valence-electron chi connectivity index (χ0n) is 9.14. The highest BCUT2D eigenvalue weighted by molar-refractivity contribution is 7.05. The molecule has 3 N–H and O–H groups in total. The number of aromatic nitrogens is 3. The lowest BCUT2D eigenvalue weighted by atomic mass is 10.1. The van der Waals surface area contributed by atoms with E-state index in [1.807, 2.05) is 20.0 Å². The molecule has 2 rings (SSSR count). The Balaban J connectivity index is 2.40. The van der Waals surface area contributed by atoms with Crippen molar-refractivity contribution in [2.45, 2.75) is 19.9 Å². The highest BCUT2D eigenvalue weighted by Crippen LogP contribution is 2.25. The van der Waals surface area contributed by atoms with Gasteiger partial charge in [0.15, 0.2) is 0 Å². The predicted molar refractivity (Wildman–Crippen MR) is 62.8 cm³/mol. The van der Waals surface area contributed by atoms with Crippen LogP contribution in [-0.4, -0.2) is 14.6 Å². The van der Waals surface area contributed by atoms with Crippen molar-refractivity contribution in [1.82, 2.24) is 20.0 Å². The maximum atomic E-state index is 5.59. The molecule has 1 unspecified atom stereocenters. The predicted octanol–water partition coefficient (Wildman–Crippen LogP) is 1.10. The lowest BCUT2D eigenvalue weighted by Crippen LogP contribution is -2.28. The van der Waals surface area contributed by atoms with Gasteiger partial charge in [-0.3, -0.25) is 10.8 Å². The van der Waals surface area contributed by atoms with Gasteiger partial charge in [-0.05, 0) is 36.5 Å². The van der Waals surface area contributed by atoms with E-state index in [2.05, 4.69) is 26.1 Å². The fourth-order valence-electron chi connectivity index (χ4n) is 1.56. The summed E-state index contributed by atoms with van der Waals surface area (Å²) < 4.78 is 3.91. The smallest absolute Gasteiger partial charge is 0.0852 e. The van der Waals surface area contributed by atoms with Gasteiger partial charge in [-0.1, -0.05) is 10.6 Å². The molecule has 0 aromatic carbocycles. The van der Waals surface area contributed by atoms with E-state index in [0.29, 0.717) is 0 Å². The Kier molecular flexibility index (Phi) is 3.23. The average molecular weight is 235 g/mol.